The van der Waals surface area contributed by atoms with Gasteiger partial charge >= 0.3 is 0 Å². The number of Topliss-reactive ketones (excluding diaryl/α,β-unsaturated/α-hetero) is 1. The fourth-order valence-electron chi connectivity index (χ4n) is 2.87. The summed E-state index contributed by atoms with van der Waals surface area (Å²) in [6.07, 6.45) is 1.57. The fourth-order valence-corrected chi connectivity index (χ4v) is 3.05. The number of anilines is 2. The van der Waals surface area contributed by atoms with Crippen LogP contribution >= 0.6 is 11.6 Å². The van der Waals surface area contributed by atoms with Crippen LogP contribution in [0.2, 0.25) is 5.28 Å². The van der Waals surface area contributed by atoms with E-state index in [9.17, 15) is 9.59 Å². The molecule has 0 aliphatic carbocycles. The Bertz CT molecular complexity index is 633. The summed E-state index contributed by atoms with van der Waals surface area (Å²) in [5, 5.41) is 0.146. The number of carbonyl (C=O) groups is 2. The molecule has 106 valence electrons. The molecular formula is C13H15ClN4O2. The number of amides is 1. The van der Waals surface area contributed by atoms with Crippen LogP contribution < -0.4 is 9.80 Å². The summed E-state index contributed by atoms with van der Waals surface area (Å²) in [7, 11) is 1.70. The lowest BCUT2D eigenvalue weighted by molar-refractivity contribution is -0.132. The van der Waals surface area contributed by atoms with Crippen molar-refractivity contribution in [3.63, 3.8) is 0 Å². The molecule has 6 nitrogen and oxygen atoms in total. The van der Waals surface area contributed by atoms with Crippen LogP contribution in [0.25, 0.3) is 0 Å². The van der Waals surface area contributed by atoms with E-state index >= 15 is 0 Å². The third-order valence-corrected chi connectivity index (χ3v) is 4.48. The summed E-state index contributed by atoms with van der Waals surface area (Å²) in [6.45, 7) is 3.64. The second-order valence-electron chi connectivity index (χ2n) is 5.36. The van der Waals surface area contributed by atoms with Crippen LogP contribution in [-0.2, 0) is 16.0 Å². The van der Waals surface area contributed by atoms with Gasteiger partial charge in [0.15, 0.2) is 17.1 Å². The third kappa shape index (κ3) is 1.51. The number of aromatic nitrogens is 2. The number of rotatable bonds is 1. The molecule has 7 heteroatoms. The first-order chi connectivity index (χ1) is 9.37. The predicted molar refractivity (Wildman–Crippen MR) is 75.2 cm³/mol. The van der Waals surface area contributed by atoms with Gasteiger partial charge < -0.3 is 9.80 Å². The maximum Gasteiger partial charge on any atom is 0.260 e. The number of ketones is 1. The summed E-state index contributed by atoms with van der Waals surface area (Å²) in [6, 6.07) is 0. The second kappa shape index (κ2) is 4.15. The highest BCUT2D eigenvalue weighted by molar-refractivity contribution is 6.29. The number of halogens is 1. The molecule has 1 aromatic heterocycles. The van der Waals surface area contributed by atoms with Crippen molar-refractivity contribution in [2.75, 3.05) is 23.4 Å². The minimum absolute atomic E-state index is 0.146. The fraction of sp³-hybridized carbons (Fsp3) is 0.538. The Hall–Kier alpha value is -1.69. The van der Waals surface area contributed by atoms with Gasteiger partial charge in [0.1, 0.15) is 5.69 Å². The largest absolute Gasteiger partial charge is 0.337 e. The first-order valence-corrected chi connectivity index (χ1v) is 6.88. The van der Waals surface area contributed by atoms with Crippen LogP contribution in [0, 0.1) is 0 Å². The van der Waals surface area contributed by atoms with E-state index in [1.54, 1.807) is 23.8 Å². The molecule has 3 heterocycles. The van der Waals surface area contributed by atoms with Crippen molar-refractivity contribution in [2.24, 2.45) is 0 Å². The summed E-state index contributed by atoms with van der Waals surface area (Å²) < 4.78 is 0. The quantitative estimate of drug-likeness (QED) is 0.575. The Morgan fingerprint density at radius 2 is 2.10 bits per heavy atom. The lowest BCUT2D eigenvalue weighted by atomic mass is 9.89. The van der Waals surface area contributed by atoms with Crippen molar-refractivity contribution in [3.8, 4) is 0 Å². The van der Waals surface area contributed by atoms with E-state index in [0.29, 0.717) is 18.1 Å². The molecule has 2 aliphatic rings. The lowest BCUT2D eigenvalue weighted by Crippen LogP contribution is -2.65. The number of hydrogen-bond acceptors (Lipinski definition) is 5. The lowest BCUT2D eigenvalue weighted by Gasteiger charge is -2.47. The second-order valence-corrected chi connectivity index (χ2v) is 5.70. The number of likely N-dealkylation sites (N-methyl/N-ethyl adjacent to an activating group) is 1. The minimum Gasteiger partial charge on any atom is -0.337 e. The zero-order valence-corrected chi connectivity index (χ0v) is 12.4. The van der Waals surface area contributed by atoms with Gasteiger partial charge in [-0.05, 0) is 38.3 Å². The van der Waals surface area contributed by atoms with Crippen molar-refractivity contribution >= 4 is 34.8 Å². The van der Waals surface area contributed by atoms with E-state index in [0.717, 1.165) is 18.5 Å². The smallest absolute Gasteiger partial charge is 0.260 e. The van der Waals surface area contributed by atoms with Crippen LogP contribution in [0.1, 0.15) is 26.0 Å². The molecule has 1 unspecified atom stereocenters. The number of nitrogens with zero attached hydrogens (tertiary/aromatic N) is 4. The molecule has 1 aromatic rings. The topological polar surface area (TPSA) is 66.4 Å². The number of aryl methyl sites for hydroxylation is 1. The van der Waals surface area contributed by atoms with E-state index in [4.69, 9.17) is 11.6 Å². The average molecular weight is 295 g/mol. The van der Waals surface area contributed by atoms with E-state index in [-0.39, 0.29) is 17.0 Å². The summed E-state index contributed by atoms with van der Waals surface area (Å²) in [5.74, 6) is 0.126. The van der Waals surface area contributed by atoms with E-state index in [1.165, 1.54) is 6.92 Å². The molecule has 3 rings (SSSR count). The maximum absolute atomic E-state index is 12.7. The molecule has 0 radical (unpaired) electrons. The Morgan fingerprint density at radius 1 is 1.40 bits per heavy atom. The van der Waals surface area contributed by atoms with Gasteiger partial charge in [0.05, 0.1) is 5.69 Å². The van der Waals surface area contributed by atoms with Crippen LogP contribution in [0.4, 0.5) is 11.5 Å². The Balaban J connectivity index is 2.30. The van der Waals surface area contributed by atoms with Crippen LogP contribution in [-0.4, -0.2) is 40.8 Å². The highest BCUT2D eigenvalue weighted by atomic mass is 35.5. The van der Waals surface area contributed by atoms with Gasteiger partial charge in [-0.1, -0.05) is 0 Å². The van der Waals surface area contributed by atoms with Crippen molar-refractivity contribution < 1.29 is 9.59 Å². The van der Waals surface area contributed by atoms with E-state index in [1.807, 2.05) is 0 Å². The molecule has 0 bridgehead atoms. The molecule has 1 atom stereocenters. The Labute approximate surface area is 121 Å². The standard InChI is InChI=1S/C13H15ClN4O2/c1-7(19)13(2)11(20)18-6-4-5-8-9(18)10(17(13)3)16-12(14)15-8/h4-6H2,1-3H3. The van der Waals surface area contributed by atoms with Crippen molar-refractivity contribution in [2.45, 2.75) is 32.2 Å². The SMILES string of the molecule is CC(=O)C1(C)C(=O)N2CCCc3nc(Cl)nc(c32)N1C. The molecule has 20 heavy (non-hydrogen) atoms. The van der Waals surface area contributed by atoms with E-state index < -0.39 is 5.54 Å². The first kappa shape index (κ1) is 13.3. The molecule has 0 N–H and O–H groups in total. The van der Waals surface area contributed by atoms with Crippen molar-refractivity contribution in [1.29, 1.82) is 0 Å². The molecule has 0 aromatic carbocycles. The predicted octanol–water partition coefficient (Wildman–Crippen LogP) is 1.21. The van der Waals surface area contributed by atoms with Crippen LogP contribution in [0.3, 0.4) is 0 Å². The maximum atomic E-state index is 12.7. The third-order valence-electron chi connectivity index (χ3n) is 4.31. The van der Waals surface area contributed by atoms with Gasteiger partial charge in [0, 0.05) is 13.6 Å². The van der Waals surface area contributed by atoms with E-state index in [2.05, 4.69) is 9.97 Å². The van der Waals surface area contributed by atoms with Gasteiger partial charge in [-0.15, -0.1) is 0 Å². The zero-order valence-electron chi connectivity index (χ0n) is 11.6. The van der Waals surface area contributed by atoms with Gasteiger partial charge in [-0.2, -0.15) is 4.98 Å². The van der Waals surface area contributed by atoms with Crippen molar-refractivity contribution in [3.05, 3.63) is 11.0 Å². The molecule has 0 spiro atoms. The number of carbonyl (C=O) groups excluding carboxylic acids is 2. The molecule has 2 aliphatic heterocycles. The molecular weight excluding hydrogens is 280 g/mol. The van der Waals surface area contributed by atoms with Gasteiger partial charge in [-0.25, -0.2) is 4.98 Å². The van der Waals surface area contributed by atoms with Gasteiger partial charge in [0.2, 0.25) is 5.28 Å². The average Bonchev–Trinajstić information content (AvgIpc) is 2.41. The number of hydrogen-bond donors (Lipinski definition) is 0. The normalized spacial score (nSPS) is 24.7. The zero-order chi connectivity index (χ0) is 14.7. The molecule has 1 amide bonds. The molecule has 0 fully saturated rings. The highest BCUT2D eigenvalue weighted by Gasteiger charge is 2.52. The monoisotopic (exact) mass is 294 g/mol. The summed E-state index contributed by atoms with van der Waals surface area (Å²) in [4.78, 5) is 36.5. The Kier molecular flexibility index (Phi) is 2.76. The van der Waals surface area contributed by atoms with Crippen molar-refractivity contribution in [1.82, 2.24) is 9.97 Å². The van der Waals surface area contributed by atoms with Crippen LogP contribution in [0.15, 0.2) is 0 Å². The first-order valence-electron chi connectivity index (χ1n) is 6.50. The Morgan fingerprint density at radius 3 is 2.75 bits per heavy atom. The minimum atomic E-state index is -1.24. The van der Waals surface area contributed by atoms with Gasteiger partial charge in [0.25, 0.3) is 5.91 Å². The van der Waals surface area contributed by atoms with Gasteiger partial charge in [-0.3, -0.25) is 9.59 Å². The molecule has 0 saturated carbocycles. The van der Waals surface area contributed by atoms with Crippen LogP contribution in [0.5, 0.6) is 0 Å². The summed E-state index contributed by atoms with van der Waals surface area (Å²) >= 11 is 5.97. The summed E-state index contributed by atoms with van der Waals surface area (Å²) in [5.41, 5.74) is 0.239. The highest BCUT2D eigenvalue weighted by Crippen LogP contribution is 2.43. The molecule has 0 saturated heterocycles.